The Bertz CT molecular complexity index is 707. The smallest absolute Gasteiger partial charge is 0.254 e. The Morgan fingerprint density at radius 3 is 3.08 bits per heavy atom. The molecule has 2 aliphatic rings. The number of rotatable bonds is 5. The predicted octanol–water partition coefficient (Wildman–Crippen LogP) is 2.96. The van der Waals surface area contributed by atoms with Gasteiger partial charge in [0.25, 0.3) is 5.91 Å². The second kappa shape index (κ2) is 6.55. The molecule has 0 bridgehead atoms. The van der Waals surface area contributed by atoms with Crippen molar-refractivity contribution in [3.8, 4) is 0 Å². The molecule has 1 spiro atoms. The molecule has 0 saturated carbocycles. The zero-order valence-electron chi connectivity index (χ0n) is 13.6. The van der Waals surface area contributed by atoms with Crippen molar-refractivity contribution in [2.75, 3.05) is 26.3 Å². The van der Waals surface area contributed by atoms with Crippen molar-refractivity contribution in [3.63, 3.8) is 0 Å². The van der Waals surface area contributed by atoms with Crippen LogP contribution in [0, 0.1) is 12.8 Å². The van der Waals surface area contributed by atoms with Gasteiger partial charge in [-0.1, -0.05) is 0 Å². The molecule has 2 fully saturated rings. The number of thiazole rings is 1. The van der Waals surface area contributed by atoms with Gasteiger partial charge in [-0.15, -0.1) is 11.3 Å². The summed E-state index contributed by atoms with van der Waals surface area (Å²) < 4.78 is 11.9. The standard InChI is InChI=1S/C17H20N2O3S2/c1-12-18-15(9-24-12)7-21-6-14-2-4-22-17(14)10-19(11-17)16(20)13-3-5-23-8-13/h3,5,8-9,14H,2,4,6-7,10-11H2,1H3. The molecule has 1 unspecified atom stereocenters. The zero-order valence-corrected chi connectivity index (χ0v) is 15.2. The number of hydrogen-bond acceptors (Lipinski definition) is 6. The summed E-state index contributed by atoms with van der Waals surface area (Å²) in [5.74, 6) is 0.457. The number of carbonyl (C=O) groups is 1. The number of carbonyl (C=O) groups excluding carboxylic acids is 1. The van der Waals surface area contributed by atoms with Crippen LogP contribution in [0.4, 0.5) is 0 Å². The average Bonchev–Trinajstić information content (AvgIpc) is 3.25. The summed E-state index contributed by atoms with van der Waals surface area (Å²) in [6.07, 6.45) is 0.997. The van der Waals surface area contributed by atoms with E-state index in [4.69, 9.17) is 9.47 Å². The van der Waals surface area contributed by atoms with Gasteiger partial charge in [-0.25, -0.2) is 4.98 Å². The van der Waals surface area contributed by atoms with E-state index in [9.17, 15) is 4.79 Å². The highest BCUT2D eigenvalue weighted by Gasteiger charge is 2.54. The SMILES string of the molecule is Cc1nc(COCC2CCOC23CN(C(=O)c2ccsc2)C3)cs1. The normalized spacial score (nSPS) is 22.0. The maximum absolute atomic E-state index is 12.4. The lowest BCUT2D eigenvalue weighted by Crippen LogP contribution is -2.66. The van der Waals surface area contributed by atoms with Crippen LogP contribution in [-0.4, -0.2) is 47.7 Å². The molecule has 4 rings (SSSR count). The zero-order chi connectivity index (χ0) is 16.6. The number of aromatic nitrogens is 1. The Hall–Kier alpha value is -1.28. The first kappa shape index (κ1) is 16.2. The number of nitrogens with zero attached hydrogens (tertiary/aromatic N) is 2. The van der Waals surface area contributed by atoms with E-state index in [0.29, 0.717) is 32.2 Å². The third-order valence-corrected chi connectivity index (χ3v) is 6.31. The number of likely N-dealkylation sites (tertiary alicyclic amines) is 1. The molecule has 2 saturated heterocycles. The van der Waals surface area contributed by atoms with Gasteiger partial charge in [0.2, 0.25) is 0 Å². The van der Waals surface area contributed by atoms with Crippen molar-refractivity contribution in [1.82, 2.24) is 9.88 Å². The maximum atomic E-state index is 12.4. The molecule has 2 aromatic rings. The van der Waals surface area contributed by atoms with Crippen LogP contribution in [0.3, 0.4) is 0 Å². The van der Waals surface area contributed by atoms with E-state index in [1.165, 1.54) is 0 Å². The molecule has 7 heteroatoms. The summed E-state index contributed by atoms with van der Waals surface area (Å²) in [5.41, 5.74) is 1.57. The van der Waals surface area contributed by atoms with Crippen molar-refractivity contribution >= 4 is 28.6 Å². The minimum Gasteiger partial charge on any atom is -0.375 e. The molecule has 0 aliphatic carbocycles. The Kier molecular flexibility index (Phi) is 4.42. The molecular formula is C17H20N2O3S2. The summed E-state index contributed by atoms with van der Waals surface area (Å²) in [5, 5.41) is 6.95. The highest BCUT2D eigenvalue weighted by atomic mass is 32.1. The minimum absolute atomic E-state index is 0.106. The Labute approximate surface area is 149 Å². The van der Waals surface area contributed by atoms with Crippen LogP contribution < -0.4 is 0 Å². The molecule has 4 heterocycles. The highest BCUT2D eigenvalue weighted by molar-refractivity contribution is 7.09. The second-order valence-corrected chi connectivity index (χ2v) is 8.29. The van der Waals surface area contributed by atoms with Crippen molar-refractivity contribution in [3.05, 3.63) is 38.5 Å². The minimum atomic E-state index is -0.205. The topological polar surface area (TPSA) is 51.7 Å². The molecule has 128 valence electrons. The lowest BCUT2D eigenvalue weighted by atomic mass is 9.81. The van der Waals surface area contributed by atoms with E-state index in [1.807, 2.05) is 34.0 Å². The van der Waals surface area contributed by atoms with Gasteiger partial charge in [-0.05, 0) is 24.8 Å². The number of amides is 1. The third kappa shape index (κ3) is 3.01. The van der Waals surface area contributed by atoms with E-state index >= 15 is 0 Å². The first-order chi connectivity index (χ1) is 11.7. The number of thiophene rings is 1. The molecule has 24 heavy (non-hydrogen) atoms. The number of ether oxygens (including phenoxy) is 2. The van der Waals surface area contributed by atoms with Crippen molar-refractivity contribution < 1.29 is 14.3 Å². The molecule has 0 aromatic carbocycles. The predicted molar refractivity (Wildman–Crippen MR) is 93.5 cm³/mol. The average molecular weight is 364 g/mol. The second-order valence-electron chi connectivity index (χ2n) is 6.45. The molecule has 0 N–H and O–H groups in total. The molecule has 2 aliphatic heterocycles. The van der Waals surface area contributed by atoms with Crippen molar-refractivity contribution in [2.24, 2.45) is 5.92 Å². The summed E-state index contributed by atoms with van der Waals surface area (Å²) >= 11 is 3.20. The summed E-state index contributed by atoms with van der Waals surface area (Å²) in [6.45, 7) is 5.31. The lowest BCUT2D eigenvalue weighted by molar-refractivity contribution is -0.129. The van der Waals surface area contributed by atoms with Crippen LogP contribution in [0.15, 0.2) is 22.2 Å². The van der Waals surface area contributed by atoms with Crippen LogP contribution in [0.2, 0.25) is 0 Å². The number of aryl methyl sites for hydroxylation is 1. The first-order valence-electron chi connectivity index (χ1n) is 8.10. The van der Waals surface area contributed by atoms with Crippen molar-refractivity contribution in [1.29, 1.82) is 0 Å². The van der Waals surface area contributed by atoms with Gasteiger partial charge in [-0.2, -0.15) is 11.3 Å². The number of hydrogen-bond donors (Lipinski definition) is 0. The van der Waals surface area contributed by atoms with Gasteiger partial charge in [0, 0.05) is 23.3 Å². The Morgan fingerprint density at radius 2 is 2.38 bits per heavy atom. The van der Waals surface area contributed by atoms with Gasteiger partial charge < -0.3 is 14.4 Å². The quantitative estimate of drug-likeness (QED) is 0.818. The van der Waals surface area contributed by atoms with Gasteiger partial charge in [0.05, 0.1) is 42.6 Å². The fourth-order valence-electron chi connectivity index (χ4n) is 3.46. The molecule has 1 amide bonds. The van der Waals surface area contributed by atoms with E-state index in [2.05, 4.69) is 4.98 Å². The van der Waals surface area contributed by atoms with Crippen LogP contribution >= 0.6 is 22.7 Å². The lowest BCUT2D eigenvalue weighted by Gasteiger charge is -2.50. The summed E-state index contributed by atoms with van der Waals surface area (Å²) in [6, 6.07) is 1.88. The van der Waals surface area contributed by atoms with E-state index in [1.54, 1.807) is 22.7 Å². The van der Waals surface area contributed by atoms with Gasteiger partial charge in [-0.3, -0.25) is 4.79 Å². The molecule has 5 nitrogen and oxygen atoms in total. The Morgan fingerprint density at radius 1 is 1.50 bits per heavy atom. The van der Waals surface area contributed by atoms with Crippen molar-refractivity contribution in [2.45, 2.75) is 25.6 Å². The summed E-state index contributed by atoms with van der Waals surface area (Å²) in [4.78, 5) is 18.7. The van der Waals surface area contributed by atoms with Crippen LogP contribution in [0.5, 0.6) is 0 Å². The van der Waals surface area contributed by atoms with E-state index in [-0.39, 0.29) is 11.5 Å². The third-order valence-electron chi connectivity index (χ3n) is 4.81. The highest BCUT2D eigenvalue weighted by Crippen LogP contribution is 2.40. The van der Waals surface area contributed by atoms with Gasteiger partial charge >= 0.3 is 0 Å². The fourth-order valence-corrected chi connectivity index (χ4v) is 4.69. The van der Waals surface area contributed by atoms with Crippen LogP contribution in [0.25, 0.3) is 0 Å². The van der Waals surface area contributed by atoms with E-state index < -0.39 is 0 Å². The van der Waals surface area contributed by atoms with E-state index in [0.717, 1.165) is 29.3 Å². The van der Waals surface area contributed by atoms with Gasteiger partial charge in [0.15, 0.2) is 0 Å². The maximum Gasteiger partial charge on any atom is 0.254 e. The molecular weight excluding hydrogens is 344 g/mol. The van der Waals surface area contributed by atoms with Gasteiger partial charge in [0.1, 0.15) is 5.60 Å². The fraction of sp³-hybridized carbons (Fsp3) is 0.529. The largest absolute Gasteiger partial charge is 0.375 e. The summed E-state index contributed by atoms with van der Waals surface area (Å²) in [7, 11) is 0. The molecule has 0 radical (unpaired) electrons. The first-order valence-corrected chi connectivity index (χ1v) is 9.93. The molecule has 1 atom stereocenters. The molecule has 2 aromatic heterocycles. The Balaban J connectivity index is 1.30. The van der Waals surface area contributed by atoms with Crippen LogP contribution in [-0.2, 0) is 16.1 Å². The monoisotopic (exact) mass is 364 g/mol. The van der Waals surface area contributed by atoms with Crippen LogP contribution in [0.1, 0.15) is 27.5 Å².